The van der Waals surface area contributed by atoms with Gasteiger partial charge in [0.25, 0.3) is 11.8 Å². The van der Waals surface area contributed by atoms with Crippen LogP contribution in [-0.4, -0.2) is 90.4 Å². The standard InChI is InChI=1S/C41H46N6O8S/c1-23-36(27-10-11-31-26(22-27)14-16-46(31)38(51)25-8-9-25)45-41(56-23)44-34(49)21-24-4-2-5-28(20-24)55-19-18-54-17-15-42-30-7-3-6-29-35(30)40(53)47(39(29)52)32-12-13-33(48)43-37(32)50/h3,6-7,10-11,22,24-25,28,32,42H,2,4-5,8-9,12-21H2,1H3,(H,43,48,50)(H,44,45,49)/t24-,28?,32?/m1/s1. The second-order valence-electron chi connectivity index (χ2n) is 15.3. The molecule has 2 saturated carbocycles. The molecule has 3 N–H and O–H groups in total. The van der Waals surface area contributed by atoms with Gasteiger partial charge in [-0.2, -0.15) is 0 Å². The molecule has 3 fully saturated rings. The van der Waals surface area contributed by atoms with Gasteiger partial charge >= 0.3 is 0 Å². The predicted octanol–water partition coefficient (Wildman–Crippen LogP) is 4.85. The van der Waals surface area contributed by atoms with Crippen molar-refractivity contribution in [1.29, 1.82) is 0 Å². The summed E-state index contributed by atoms with van der Waals surface area (Å²) in [6.45, 7) is 4.26. The lowest BCUT2D eigenvalue weighted by molar-refractivity contribution is -0.136. The number of amides is 6. The maximum absolute atomic E-state index is 13.3. The molecule has 1 aromatic heterocycles. The van der Waals surface area contributed by atoms with Crippen molar-refractivity contribution < 1.29 is 38.2 Å². The molecule has 3 aromatic rings. The maximum Gasteiger partial charge on any atom is 0.264 e. The largest absolute Gasteiger partial charge is 0.382 e. The van der Waals surface area contributed by atoms with Crippen LogP contribution in [0.25, 0.3) is 11.3 Å². The third-order valence-electron chi connectivity index (χ3n) is 11.3. The van der Waals surface area contributed by atoms with Crippen LogP contribution in [0.2, 0.25) is 0 Å². The van der Waals surface area contributed by atoms with E-state index in [1.165, 1.54) is 16.9 Å². The summed E-state index contributed by atoms with van der Waals surface area (Å²) in [6, 6.07) is 10.1. The number of ether oxygens (including phenoxy) is 2. The Labute approximate surface area is 328 Å². The molecule has 14 nitrogen and oxygen atoms in total. The van der Waals surface area contributed by atoms with Crippen molar-refractivity contribution in [1.82, 2.24) is 15.2 Å². The first kappa shape index (κ1) is 37.9. The first-order valence-corrected chi connectivity index (χ1v) is 20.5. The van der Waals surface area contributed by atoms with Gasteiger partial charge in [0.1, 0.15) is 6.04 Å². The van der Waals surface area contributed by atoms with Gasteiger partial charge in [-0.1, -0.05) is 18.6 Å². The molecule has 2 aliphatic carbocycles. The molecular weight excluding hydrogens is 737 g/mol. The van der Waals surface area contributed by atoms with Crippen molar-refractivity contribution >= 4 is 63.3 Å². The molecule has 1 saturated heterocycles. The van der Waals surface area contributed by atoms with E-state index in [0.29, 0.717) is 43.6 Å². The van der Waals surface area contributed by atoms with Gasteiger partial charge in [-0.05, 0) is 87.6 Å². The third kappa shape index (κ3) is 7.98. The second-order valence-corrected chi connectivity index (χ2v) is 16.5. The Morgan fingerprint density at radius 1 is 0.982 bits per heavy atom. The van der Waals surface area contributed by atoms with Crippen molar-refractivity contribution in [2.45, 2.75) is 83.3 Å². The van der Waals surface area contributed by atoms with E-state index >= 15 is 0 Å². The Morgan fingerprint density at radius 2 is 1.84 bits per heavy atom. The number of anilines is 3. The lowest BCUT2D eigenvalue weighted by Crippen LogP contribution is -2.54. The number of aromatic nitrogens is 1. The summed E-state index contributed by atoms with van der Waals surface area (Å²) >= 11 is 1.48. The summed E-state index contributed by atoms with van der Waals surface area (Å²) in [5.41, 5.74) is 4.95. The van der Waals surface area contributed by atoms with Gasteiger partial charge in [-0.15, -0.1) is 11.3 Å². The number of hydrogen-bond donors (Lipinski definition) is 3. The fourth-order valence-corrected chi connectivity index (χ4v) is 9.21. The van der Waals surface area contributed by atoms with Crippen LogP contribution in [0.4, 0.5) is 16.5 Å². The highest BCUT2D eigenvalue weighted by atomic mass is 32.1. The van der Waals surface area contributed by atoms with Crippen LogP contribution in [0.1, 0.15) is 88.9 Å². The van der Waals surface area contributed by atoms with Gasteiger partial charge in [0.15, 0.2) is 5.13 Å². The van der Waals surface area contributed by atoms with Gasteiger partial charge in [0.05, 0.1) is 42.7 Å². The van der Waals surface area contributed by atoms with E-state index < -0.39 is 29.7 Å². The van der Waals surface area contributed by atoms with Crippen LogP contribution in [0.5, 0.6) is 0 Å². The molecule has 8 rings (SSSR count). The van der Waals surface area contributed by atoms with E-state index in [2.05, 4.69) is 22.0 Å². The third-order valence-corrected chi connectivity index (χ3v) is 12.2. The number of fused-ring (bicyclic) bond motifs is 2. The topological polar surface area (TPSA) is 176 Å². The summed E-state index contributed by atoms with van der Waals surface area (Å²) in [5, 5.41) is 9.02. The quantitative estimate of drug-likeness (QED) is 0.151. The van der Waals surface area contributed by atoms with Crippen LogP contribution < -0.4 is 20.9 Å². The number of imide groups is 2. The summed E-state index contributed by atoms with van der Waals surface area (Å²) in [7, 11) is 0. The molecule has 2 aromatic carbocycles. The number of carbonyl (C=O) groups is 6. The molecule has 3 aliphatic heterocycles. The molecule has 5 aliphatic rings. The predicted molar refractivity (Wildman–Crippen MR) is 208 cm³/mol. The first-order chi connectivity index (χ1) is 27.1. The van der Waals surface area contributed by atoms with E-state index in [-0.39, 0.29) is 53.7 Å². The van der Waals surface area contributed by atoms with Gasteiger partial charge in [-0.3, -0.25) is 39.0 Å². The normalized spacial score (nSPS) is 21.9. The lowest BCUT2D eigenvalue weighted by atomic mass is 9.85. The van der Waals surface area contributed by atoms with Gasteiger partial charge in [0, 0.05) is 53.7 Å². The van der Waals surface area contributed by atoms with Crippen LogP contribution >= 0.6 is 11.3 Å². The lowest BCUT2D eigenvalue weighted by Gasteiger charge is -2.28. The van der Waals surface area contributed by atoms with Gasteiger partial charge in [0.2, 0.25) is 23.6 Å². The Morgan fingerprint density at radius 3 is 2.66 bits per heavy atom. The molecule has 15 heteroatoms. The summed E-state index contributed by atoms with van der Waals surface area (Å²) < 4.78 is 11.9. The number of nitrogens with one attached hydrogen (secondary N) is 3. The number of nitrogens with zero attached hydrogens (tertiary/aromatic N) is 3. The second kappa shape index (κ2) is 16.2. The highest BCUT2D eigenvalue weighted by Gasteiger charge is 2.45. The number of benzene rings is 2. The van der Waals surface area contributed by atoms with Gasteiger partial charge in [-0.25, -0.2) is 4.98 Å². The average Bonchev–Trinajstić information content (AvgIpc) is 3.77. The molecule has 0 bridgehead atoms. The SMILES string of the molecule is Cc1sc(NC(=O)C[C@@H]2CCCC(OCCOCCNc3cccc4c3C(=O)N(C3CCC(=O)NC3=O)C4=O)C2)nc1-c1ccc2c(c1)CCN2C(=O)C1CC1. The summed E-state index contributed by atoms with van der Waals surface area (Å²) in [6.07, 6.45) is 7.14. The number of rotatable bonds is 14. The minimum atomic E-state index is -1.02. The molecule has 6 amide bonds. The van der Waals surface area contributed by atoms with Crippen LogP contribution in [0.3, 0.4) is 0 Å². The molecule has 56 heavy (non-hydrogen) atoms. The van der Waals surface area contributed by atoms with E-state index in [9.17, 15) is 28.8 Å². The average molecular weight is 783 g/mol. The number of hydrogen-bond acceptors (Lipinski definition) is 11. The molecule has 3 atom stereocenters. The van der Waals surface area contributed by atoms with E-state index in [1.807, 2.05) is 24.0 Å². The Bertz CT molecular complexity index is 2080. The fourth-order valence-electron chi connectivity index (χ4n) is 8.35. The Kier molecular flexibility index (Phi) is 11.0. The Balaban J connectivity index is 0.748. The van der Waals surface area contributed by atoms with Crippen LogP contribution in [-0.2, 0) is 35.1 Å². The molecule has 294 valence electrons. The van der Waals surface area contributed by atoms with Gasteiger partial charge < -0.3 is 25.0 Å². The maximum atomic E-state index is 13.3. The highest BCUT2D eigenvalue weighted by molar-refractivity contribution is 7.16. The first-order valence-electron chi connectivity index (χ1n) is 19.6. The zero-order valence-electron chi connectivity index (χ0n) is 31.4. The summed E-state index contributed by atoms with van der Waals surface area (Å²) in [4.78, 5) is 84.9. The fraction of sp³-hybridized carbons (Fsp3) is 0.488. The van der Waals surface area contributed by atoms with Crippen molar-refractivity contribution in [2.24, 2.45) is 11.8 Å². The minimum Gasteiger partial charge on any atom is -0.382 e. The summed E-state index contributed by atoms with van der Waals surface area (Å²) in [5.74, 6) is -1.56. The number of piperidine rings is 1. The molecule has 0 radical (unpaired) electrons. The zero-order valence-corrected chi connectivity index (χ0v) is 32.2. The number of carbonyl (C=O) groups excluding carboxylic acids is 6. The number of thiazole rings is 1. The van der Waals surface area contributed by atoms with E-state index in [0.717, 1.165) is 78.2 Å². The highest BCUT2D eigenvalue weighted by Crippen LogP contribution is 2.39. The smallest absolute Gasteiger partial charge is 0.264 e. The number of aryl methyl sites for hydroxylation is 1. The van der Waals surface area contributed by atoms with Crippen LogP contribution in [0.15, 0.2) is 36.4 Å². The van der Waals surface area contributed by atoms with Crippen LogP contribution in [0, 0.1) is 18.8 Å². The zero-order chi connectivity index (χ0) is 38.9. The molecule has 2 unspecified atom stereocenters. The van der Waals surface area contributed by atoms with E-state index in [1.54, 1.807) is 18.2 Å². The van der Waals surface area contributed by atoms with Crippen molar-refractivity contribution in [2.75, 3.05) is 48.4 Å². The molecular formula is C41H46N6O8S. The van der Waals surface area contributed by atoms with Crippen molar-refractivity contribution in [3.63, 3.8) is 0 Å². The van der Waals surface area contributed by atoms with E-state index in [4.69, 9.17) is 14.5 Å². The van der Waals surface area contributed by atoms with Crippen molar-refractivity contribution in [3.8, 4) is 11.3 Å². The minimum absolute atomic E-state index is 0.0474. The van der Waals surface area contributed by atoms with Crippen molar-refractivity contribution in [3.05, 3.63) is 58.0 Å². The Hall–Kier alpha value is -4.99. The molecule has 0 spiro atoms. The molecule has 4 heterocycles. The monoisotopic (exact) mass is 782 g/mol.